The summed E-state index contributed by atoms with van der Waals surface area (Å²) in [6, 6.07) is 13.0. The second-order valence-electron chi connectivity index (χ2n) is 6.77. The Morgan fingerprint density at radius 1 is 1.00 bits per heavy atom. The molecule has 1 aliphatic heterocycles. The van der Waals surface area contributed by atoms with Gasteiger partial charge in [0.1, 0.15) is 6.04 Å². The van der Waals surface area contributed by atoms with Crippen molar-refractivity contribution < 1.29 is 19.1 Å². The number of hydrogen-bond donors (Lipinski definition) is 1. The monoisotopic (exact) mass is 382 g/mol. The lowest BCUT2D eigenvalue weighted by molar-refractivity contribution is -0.138. The van der Waals surface area contributed by atoms with Crippen molar-refractivity contribution in [3.8, 4) is 11.5 Å². The van der Waals surface area contributed by atoms with Crippen molar-refractivity contribution in [1.29, 1.82) is 0 Å². The Bertz CT molecular complexity index is 848. The highest BCUT2D eigenvalue weighted by molar-refractivity contribution is 6.06. The van der Waals surface area contributed by atoms with E-state index < -0.39 is 6.04 Å². The van der Waals surface area contributed by atoms with E-state index in [0.717, 1.165) is 17.7 Å². The molecule has 2 amide bonds. The number of likely N-dealkylation sites (tertiary alicyclic amines) is 1. The number of nitrogens with zero attached hydrogens (tertiary/aromatic N) is 1. The molecule has 1 aliphatic rings. The first-order chi connectivity index (χ1) is 13.5. The largest absolute Gasteiger partial charge is 0.493 e. The Morgan fingerprint density at radius 3 is 2.32 bits per heavy atom. The maximum absolute atomic E-state index is 12.7. The predicted molar refractivity (Wildman–Crippen MR) is 108 cm³/mol. The van der Waals surface area contributed by atoms with Crippen LogP contribution in [0.3, 0.4) is 0 Å². The van der Waals surface area contributed by atoms with E-state index in [4.69, 9.17) is 9.47 Å². The van der Waals surface area contributed by atoms with Gasteiger partial charge in [-0.25, -0.2) is 0 Å². The summed E-state index contributed by atoms with van der Waals surface area (Å²) in [6.45, 7) is 2.44. The zero-order chi connectivity index (χ0) is 20.1. The zero-order valence-electron chi connectivity index (χ0n) is 16.5. The van der Waals surface area contributed by atoms with Crippen LogP contribution in [0.4, 0.5) is 5.69 Å². The normalized spacial score (nSPS) is 16.4. The van der Waals surface area contributed by atoms with E-state index in [1.807, 2.05) is 42.5 Å². The molecule has 0 saturated carbocycles. The predicted octanol–water partition coefficient (Wildman–Crippen LogP) is 3.05. The summed E-state index contributed by atoms with van der Waals surface area (Å²) in [6.07, 6.45) is 1.71. The van der Waals surface area contributed by atoms with Crippen LogP contribution in [0.1, 0.15) is 24.5 Å². The molecule has 6 heteroatoms. The number of carbonyl (C=O) groups is 2. The summed E-state index contributed by atoms with van der Waals surface area (Å²) in [5.74, 6) is 0.963. The number of methoxy groups -OCH3 is 2. The van der Waals surface area contributed by atoms with Crippen molar-refractivity contribution in [3.05, 3.63) is 53.6 Å². The Morgan fingerprint density at radius 2 is 1.68 bits per heavy atom. The summed E-state index contributed by atoms with van der Waals surface area (Å²) in [5, 5.41) is 3.19. The van der Waals surface area contributed by atoms with E-state index in [2.05, 4.69) is 12.2 Å². The van der Waals surface area contributed by atoms with E-state index in [0.29, 0.717) is 24.5 Å². The number of nitrogens with one attached hydrogen (secondary N) is 1. The molecular formula is C22H26N2O4. The van der Waals surface area contributed by atoms with Crippen LogP contribution in [0.5, 0.6) is 11.5 Å². The van der Waals surface area contributed by atoms with Crippen LogP contribution >= 0.6 is 0 Å². The zero-order valence-corrected chi connectivity index (χ0v) is 16.5. The van der Waals surface area contributed by atoms with E-state index >= 15 is 0 Å². The number of aryl methyl sites for hydroxylation is 1. The summed E-state index contributed by atoms with van der Waals surface area (Å²) in [7, 11) is 3.17. The molecule has 1 fully saturated rings. The van der Waals surface area contributed by atoms with Crippen molar-refractivity contribution in [2.24, 2.45) is 0 Å². The minimum absolute atomic E-state index is 0.145. The number of rotatable bonds is 8. The fourth-order valence-corrected chi connectivity index (χ4v) is 3.35. The SMILES string of the molecule is CCc1ccc(N[C@@H]2CC(=O)N(CCc3ccc(OC)c(OC)c3)C2=O)cc1. The maximum atomic E-state index is 12.7. The van der Waals surface area contributed by atoms with Crippen LogP contribution in [0.25, 0.3) is 0 Å². The van der Waals surface area contributed by atoms with Gasteiger partial charge >= 0.3 is 0 Å². The quantitative estimate of drug-likeness (QED) is 0.711. The highest BCUT2D eigenvalue weighted by Gasteiger charge is 2.38. The van der Waals surface area contributed by atoms with Gasteiger partial charge in [-0.3, -0.25) is 14.5 Å². The van der Waals surface area contributed by atoms with Gasteiger partial charge in [-0.1, -0.05) is 25.1 Å². The number of hydrogen-bond acceptors (Lipinski definition) is 5. The maximum Gasteiger partial charge on any atom is 0.252 e. The number of ether oxygens (including phenoxy) is 2. The van der Waals surface area contributed by atoms with Crippen LogP contribution in [0.2, 0.25) is 0 Å². The molecule has 0 spiro atoms. The second-order valence-corrected chi connectivity index (χ2v) is 6.77. The van der Waals surface area contributed by atoms with Crippen molar-refractivity contribution in [2.75, 3.05) is 26.1 Å². The molecular weight excluding hydrogens is 356 g/mol. The molecule has 6 nitrogen and oxygen atoms in total. The first kappa shape index (κ1) is 19.7. The molecule has 0 bridgehead atoms. The highest BCUT2D eigenvalue weighted by atomic mass is 16.5. The molecule has 0 radical (unpaired) electrons. The van der Waals surface area contributed by atoms with Crippen LogP contribution in [-0.4, -0.2) is 43.5 Å². The van der Waals surface area contributed by atoms with E-state index in [1.165, 1.54) is 10.5 Å². The third kappa shape index (κ3) is 4.27. The van der Waals surface area contributed by atoms with Crippen LogP contribution < -0.4 is 14.8 Å². The molecule has 148 valence electrons. The third-order valence-corrected chi connectivity index (χ3v) is 5.02. The Labute approximate surface area is 165 Å². The van der Waals surface area contributed by atoms with Crippen molar-refractivity contribution >= 4 is 17.5 Å². The lowest BCUT2D eigenvalue weighted by atomic mass is 10.1. The molecule has 2 aromatic rings. The molecule has 0 aliphatic carbocycles. The molecule has 1 saturated heterocycles. The topological polar surface area (TPSA) is 67.9 Å². The number of imide groups is 1. The van der Waals surface area contributed by atoms with Gasteiger partial charge in [-0.15, -0.1) is 0 Å². The van der Waals surface area contributed by atoms with Gasteiger partial charge in [0.25, 0.3) is 5.91 Å². The first-order valence-electron chi connectivity index (χ1n) is 9.46. The van der Waals surface area contributed by atoms with E-state index in [-0.39, 0.29) is 18.2 Å². The molecule has 28 heavy (non-hydrogen) atoms. The lowest BCUT2D eigenvalue weighted by Crippen LogP contribution is -2.36. The Balaban J connectivity index is 1.62. The van der Waals surface area contributed by atoms with Gasteiger partial charge in [0.15, 0.2) is 11.5 Å². The molecule has 0 aromatic heterocycles. The van der Waals surface area contributed by atoms with Gasteiger partial charge in [-0.2, -0.15) is 0 Å². The van der Waals surface area contributed by atoms with Crippen LogP contribution in [0, 0.1) is 0 Å². The molecule has 1 N–H and O–H groups in total. The molecule has 2 aromatic carbocycles. The average molecular weight is 382 g/mol. The molecule has 1 heterocycles. The van der Waals surface area contributed by atoms with Crippen molar-refractivity contribution in [3.63, 3.8) is 0 Å². The Hall–Kier alpha value is -3.02. The highest BCUT2D eigenvalue weighted by Crippen LogP contribution is 2.28. The lowest BCUT2D eigenvalue weighted by Gasteiger charge is -2.17. The summed E-state index contributed by atoms with van der Waals surface area (Å²) in [5.41, 5.74) is 3.06. The number of benzene rings is 2. The number of anilines is 1. The number of carbonyl (C=O) groups excluding carboxylic acids is 2. The minimum atomic E-state index is -0.509. The molecule has 1 atom stereocenters. The van der Waals surface area contributed by atoms with E-state index in [9.17, 15) is 9.59 Å². The molecule has 3 rings (SSSR count). The van der Waals surface area contributed by atoms with Gasteiger partial charge in [-0.05, 0) is 48.2 Å². The van der Waals surface area contributed by atoms with Gasteiger partial charge in [0.05, 0.1) is 20.6 Å². The van der Waals surface area contributed by atoms with Gasteiger partial charge in [0, 0.05) is 12.2 Å². The summed E-state index contributed by atoms with van der Waals surface area (Å²) in [4.78, 5) is 26.4. The fourth-order valence-electron chi connectivity index (χ4n) is 3.35. The molecule has 0 unspecified atom stereocenters. The van der Waals surface area contributed by atoms with Gasteiger partial charge < -0.3 is 14.8 Å². The summed E-state index contributed by atoms with van der Waals surface area (Å²) >= 11 is 0. The summed E-state index contributed by atoms with van der Waals surface area (Å²) < 4.78 is 10.5. The van der Waals surface area contributed by atoms with E-state index in [1.54, 1.807) is 14.2 Å². The standard InChI is InChI=1S/C22H26N2O4/c1-4-15-5-8-17(9-6-15)23-18-14-21(25)24(22(18)26)12-11-16-7-10-19(27-2)20(13-16)28-3/h5-10,13,18,23H,4,11-12,14H2,1-3H3/t18-/m1/s1. The minimum Gasteiger partial charge on any atom is -0.493 e. The smallest absolute Gasteiger partial charge is 0.252 e. The fraction of sp³-hybridized carbons (Fsp3) is 0.364. The van der Waals surface area contributed by atoms with Crippen LogP contribution in [0.15, 0.2) is 42.5 Å². The van der Waals surface area contributed by atoms with Crippen molar-refractivity contribution in [1.82, 2.24) is 4.90 Å². The van der Waals surface area contributed by atoms with Crippen LogP contribution in [-0.2, 0) is 22.4 Å². The average Bonchev–Trinajstić information content (AvgIpc) is 2.99. The van der Waals surface area contributed by atoms with Gasteiger partial charge in [0.2, 0.25) is 5.91 Å². The second kappa shape index (κ2) is 8.78. The first-order valence-corrected chi connectivity index (χ1v) is 9.46. The third-order valence-electron chi connectivity index (χ3n) is 5.02. The van der Waals surface area contributed by atoms with Crippen molar-refractivity contribution in [2.45, 2.75) is 32.2 Å². The number of amides is 2. The Kier molecular flexibility index (Phi) is 6.19.